The van der Waals surface area contributed by atoms with E-state index in [9.17, 15) is 4.79 Å². The standard InChI is InChI=1S/C9H15N3OS/c1-7-11-5-8(14-7)6-12(2)9(13)3-4-10/h5H,3-4,6,10H2,1-2H3. The van der Waals surface area contributed by atoms with Gasteiger partial charge in [0.1, 0.15) is 0 Å². The average Bonchev–Trinajstić information content (AvgIpc) is 2.51. The summed E-state index contributed by atoms with van der Waals surface area (Å²) in [6.07, 6.45) is 2.22. The van der Waals surface area contributed by atoms with Crippen molar-refractivity contribution in [1.82, 2.24) is 9.88 Å². The van der Waals surface area contributed by atoms with E-state index in [1.54, 1.807) is 23.3 Å². The van der Waals surface area contributed by atoms with Gasteiger partial charge in [0.05, 0.1) is 11.6 Å². The van der Waals surface area contributed by atoms with Crippen molar-refractivity contribution in [2.24, 2.45) is 5.73 Å². The minimum Gasteiger partial charge on any atom is -0.341 e. The highest BCUT2D eigenvalue weighted by atomic mass is 32.1. The first-order valence-electron chi connectivity index (χ1n) is 4.49. The van der Waals surface area contributed by atoms with Crippen molar-refractivity contribution < 1.29 is 4.79 Å². The molecule has 0 aliphatic carbocycles. The van der Waals surface area contributed by atoms with Crippen LogP contribution in [0.4, 0.5) is 0 Å². The van der Waals surface area contributed by atoms with Crippen LogP contribution in [0, 0.1) is 6.92 Å². The number of nitrogens with zero attached hydrogens (tertiary/aromatic N) is 2. The Morgan fingerprint density at radius 2 is 2.43 bits per heavy atom. The highest BCUT2D eigenvalue weighted by Crippen LogP contribution is 2.13. The van der Waals surface area contributed by atoms with Crippen LogP contribution in [0.2, 0.25) is 0 Å². The summed E-state index contributed by atoms with van der Waals surface area (Å²) < 4.78 is 0. The SMILES string of the molecule is Cc1ncc(CN(C)C(=O)CCN)s1. The molecule has 0 fully saturated rings. The summed E-state index contributed by atoms with van der Waals surface area (Å²) in [5.74, 6) is 0.0820. The lowest BCUT2D eigenvalue weighted by Gasteiger charge is -2.15. The van der Waals surface area contributed by atoms with Gasteiger partial charge in [-0.1, -0.05) is 0 Å². The molecule has 2 N–H and O–H groups in total. The van der Waals surface area contributed by atoms with Gasteiger partial charge >= 0.3 is 0 Å². The zero-order valence-electron chi connectivity index (χ0n) is 8.49. The van der Waals surface area contributed by atoms with Crippen molar-refractivity contribution in [3.8, 4) is 0 Å². The lowest BCUT2D eigenvalue weighted by Crippen LogP contribution is -2.27. The molecular weight excluding hydrogens is 198 g/mol. The van der Waals surface area contributed by atoms with E-state index in [0.29, 0.717) is 19.5 Å². The van der Waals surface area contributed by atoms with Gasteiger partial charge in [-0.05, 0) is 6.92 Å². The number of amides is 1. The quantitative estimate of drug-likeness (QED) is 0.803. The van der Waals surface area contributed by atoms with E-state index >= 15 is 0 Å². The number of aryl methyl sites for hydroxylation is 1. The molecule has 1 amide bonds. The number of carbonyl (C=O) groups is 1. The predicted molar refractivity (Wildman–Crippen MR) is 57.0 cm³/mol. The normalized spacial score (nSPS) is 10.2. The lowest BCUT2D eigenvalue weighted by atomic mass is 10.3. The van der Waals surface area contributed by atoms with Gasteiger partial charge in [-0.25, -0.2) is 4.98 Å². The van der Waals surface area contributed by atoms with Gasteiger partial charge in [-0.2, -0.15) is 0 Å². The third-order valence-corrected chi connectivity index (χ3v) is 2.74. The van der Waals surface area contributed by atoms with Crippen LogP contribution in [0.1, 0.15) is 16.3 Å². The van der Waals surface area contributed by atoms with Gasteiger partial charge in [0, 0.05) is 31.1 Å². The maximum absolute atomic E-state index is 11.4. The fraction of sp³-hybridized carbons (Fsp3) is 0.556. The van der Waals surface area contributed by atoms with Gasteiger partial charge in [0.2, 0.25) is 5.91 Å². The molecule has 0 aromatic carbocycles. The number of rotatable bonds is 4. The van der Waals surface area contributed by atoms with Gasteiger partial charge in [-0.15, -0.1) is 11.3 Å². The van der Waals surface area contributed by atoms with E-state index < -0.39 is 0 Å². The van der Waals surface area contributed by atoms with Crippen molar-refractivity contribution in [3.63, 3.8) is 0 Å². The molecule has 0 aliphatic rings. The zero-order chi connectivity index (χ0) is 10.6. The Balaban J connectivity index is 2.48. The fourth-order valence-corrected chi connectivity index (χ4v) is 1.96. The van der Waals surface area contributed by atoms with E-state index in [4.69, 9.17) is 5.73 Å². The third kappa shape index (κ3) is 3.08. The van der Waals surface area contributed by atoms with Gasteiger partial charge in [-0.3, -0.25) is 4.79 Å². The molecule has 0 atom stereocenters. The molecule has 1 aromatic rings. The minimum atomic E-state index is 0.0820. The van der Waals surface area contributed by atoms with Crippen LogP contribution in [0.5, 0.6) is 0 Å². The molecular formula is C9H15N3OS. The number of hydrogen-bond acceptors (Lipinski definition) is 4. The van der Waals surface area contributed by atoms with E-state index in [1.165, 1.54) is 0 Å². The van der Waals surface area contributed by atoms with Crippen molar-refractivity contribution in [2.75, 3.05) is 13.6 Å². The van der Waals surface area contributed by atoms with Crippen LogP contribution < -0.4 is 5.73 Å². The van der Waals surface area contributed by atoms with Crippen LogP contribution in [0.15, 0.2) is 6.20 Å². The maximum Gasteiger partial charge on any atom is 0.223 e. The van der Waals surface area contributed by atoms with Crippen LogP contribution in [-0.4, -0.2) is 29.4 Å². The Morgan fingerprint density at radius 3 is 2.93 bits per heavy atom. The molecule has 0 saturated carbocycles. The highest BCUT2D eigenvalue weighted by molar-refractivity contribution is 7.11. The molecule has 0 aliphatic heterocycles. The van der Waals surface area contributed by atoms with E-state index in [1.807, 2.05) is 13.1 Å². The van der Waals surface area contributed by atoms with Crippen LogP contribution in [0.25, 0.3) is 0 Å². The second-order valence-electron chi connectivity index (χ2n) is 3.13. The van der Waals surface area contributed by atoms with Gasteiger partial charge in [0.15, 0.2) is 0 Å². The second kappa shape index (κ2) is 5.07. The van der Waals surface area contributed by atoms with Gasteiger partial charge in [0.25, 0.3) is 0 Å². The topological polar surface area (TPSA) is 59.2 Å². The summed E-state index contributed by atoms with van der Waals surface area (Å²) in [4.78, 5) is 18.3. The van der Waals surface area contributed by atoms with Crippen LogP contribution in [0.3, 0.4) is 0 Å². The molecule has 1 rings (SSSR count). The summed E-state index contributed by atoms with van der Waals surface area (Å²) in [6, 6.07) is 0. The monoisotopic (exact) mass is 213 g/mol. The Morgan fingerprint density at radius 1 is 1.71 bits per heavy atom. The zero-order valence-corrected chi connectivity index (χ0v) is 9.30. The summed E-state index contributed by atoms with van der Waals surface area (Å²) in [5.41, 5.74) is 5.31. The summed E-state index contributed by atoms with van der Waals surface area (Å²) in [5, 5.41) is 1.03. The Labute approximate surface area is 87.7 Å². The molecule has 78 valence electrons. The summed E-state index contributed by atoms with van der Waals surface area (Å²) in [6.45, 7) is 2.99. The van der Waals surface area contributed by atoms with E-state index in [0.717, 1.165) is 9.88 Å². The molecule has 14 heavy (non-hydrogen) atoms. The first kappa shape index (κ1) is 11.1. The fourth-order valence-electron chi connectivity index (χ4n) is 1.11. The molecule has 1 aromatic heterocycles. The Bertz CT molecular complexity index is 311. The predicted octanol–water partition coefficient (Wildman–Crippen LogP) is 0.759. The number of thiazole rings is 1. The molecule has 0 unspecified atom stereocenters. The van der Waals surface area contributed by atoms with Gasteiger partial charge < -0.3 is 10.6 Å². The number of carbonyl (C=O) groups excluding carboxylic acids is 1. The third-order valence-electron chi connectivity index (χ3n) is 1.85. The van der Waals surface area contributed by atoms with Crippen LogP contribution >= 0.6 is 11.3 Å². The van der Waals surface area contributed by atoms with Crippen molar-refractivity contribution in [1.29, 1.82) is 0 Å². The first-order valence-corrected chi connectivity index (χ1v) is 5.30. The van der Waals surface area contributed by atoms with Crippen LogP contribution in [-0.2, 0) is 11.3 Å². The molecule has 5 heteroatoms. The number of nitrogens with two attached hydrogens (primary N) is 1. The van der Waals surface area contributed by atoms with E-state index in [2.05, 4.69) is 4.98 Å². The lowest BCUT2D eigenvalue weighted by molar-refractivity contribution is -0.130. The molecule has 0 bridgehead atoms. The molecule has 0 radical (unpaired) electrons. The molecule has 1 heterocycles. The smallest absolute Gasteiger partial charge is 0.223 e. The average molecular weight is 213 g/mol. The number of hydrogen-bond donors (Lipinski definition) is 1. The van der Waals surface area contributed by atoms with Crippen molar-refractivity contribution >= 4 is 17.2 Å². The first-order chi connectivity index (χ1) is 6.63. The van der Waals surface area contributed by atoms with E-state index in [-0.39, 0.29) is 5.91 Å². The summed E-state index contributed by atoms with van der Waals surface area (Å²) in [7, 11) is 1.78. The molecule has 4 nitrogen and oxygen atoms in total. The molecule has 0 saturated heterocycles. The van der Waals surface area contributed by atoms with Crippen molar-refractivity contribution in [3.05, 3.63) is 16.1 Å². The van der Waals surface area contributed by atoms with Crippen molar-refractivity contribution in [2.45, 2.75) is 19.9 Å². The minimum absolute atomic E-state index is 0.0820. The highest BCUT2D eigenvalue weighted by Gasteiger charge is 2.09. The number of aromatic nitrogens is 1. The Kier molecular flexibility index (Phi) is 4.03. The largest absolute Gasteiger partial charge is 0.341 e. The second-order valence-corrected chi connectivity index (χ2v) is 4.45. The Hall–Kier alpha value is -0.940. The molecule has 0 spiro atoms. The maximum atomic E-state index is 11.4. The summed E-state index contributed by atoms with van der Waals surface area (Å²) >= 11 is 1.62.